The number of piperidine rings is 1. The Labute approximate surface area is 124 Å². The number of nitrogens with zero attached hydrogens (tertiary/aromatic N) is 1. The van der Waals surface area contributed by atoms with E-state index in [4.69, 9.17) is 0 Å². The first-order valence-electron chi connectivity index (χ1n) is 8.54. The molecule has 3 heteroatoms. The molecule has 2 rings (SSSR count). The number of carbonyl (C=O) groups excluding carboxylic acids is 1. The maximum atomic E-state index is 12.0. The van der Waals surface area contributed by atoms with Crippen molar-refractivity contribution in [3.8, 4) is 0 Å². The number of rotatable bonds is 3. The molecule has 2 fully saturated rings. The standard InChI is InChI=1S/C17H32N2O/c1-12(2)17(20)19-10-8-15(9-11-19)18-16-7-5-6-13(3)14(16)4/h12-16,18H,5-11H2,1-4H3. The van der Waals surface area contributed by atoms with Crippen LogP contribution in [0.15, 0.2) is 0 Å². The minimum Gasteiger partial charge on any atom is -0.342 e. The van der Waals surface area contributed by atoms with Gasteiger partial charge < -0.3 is 10.2 Å². The van der Waals surface area contributed by atoms with Crippen molar-refractivity contribution >= 4 is 5.91 Å². The summed E-state index contributed by atoms with van der Waals surface area (Å²) in [7, 11) is 0. The average molecular weight is 280 g/mol. The van der Waals surface area contributed by atoms with Gasteiger partial charge in [0.1, 0.15) is 0 Å². The number of hydrogen-bond donors (Lipinski definition) is 1. The third kappa shape index (κ3) is 3.75. The van der Waals surface area contributed by atoms with Gasteiger partial charge in [-0.1, -0.05) is 40.5 Å². The van der Waals surface area contributed by atoms with Gasteiger partial charge in [0, 0.05) is 31.1 Å². The normalized spacial score (nSPS) is 32.6. The lowest BCUT2D eigenvalue weighted by atomic mass is 9.77. The molecule has 1 amide bonds. The minimum absolute atomic E-state index is 0.138. The van der Waals surface area contributed by atoms with Gasteiger partial charge >= 0.3 is 0 Å². The van der Waals surface area contributed by atoms with Crippen molar-refractivity contribution in [3.05, 3.63) is 0 Å². The van der Waals surface area contributed by atoms with Crippen LogP contribution in [0.4, 0.5) is 0 Å². The molecular weight excluding hydrogens is 248 g/mol. The van der Waals surface area contributed by atoms with Gasteiger partial charge in [0.05, 0.1) is 0 Å². The van der Waals surface area contributed by atoms with E-state index in [9.17, 15) is 4.79 Å². The van der Waals surface area contributed by atoms with Gasteiger partial charge in [0.2, 0.25) is 5.91 Å². The van der Waals surface area contributed by atoms with Gasteiger partial charge in [-0.3, -0.25) is 4.79 Å². The third-order valence-corrected chi connectivity index (χ3v) is 5.46. The molecule has 1 N–H and O–H groups in total. The van der Waals surface area contributed by atoms with Gasteiger partial charge in [-0.05, 0) is 31.1 Å². The van der Waals surface area contributed by atoms with Crippen molar-refractivity contribution in [1.29, 1.82) is 0 Å². The molecule has 3 unspecified atom stereocenters. The highest BCUT2D eigenvalue weighted by atomic mass is 16.2. The molecule has 0 radical (unpaired) electrons. The second kappa shape index (κ2) is 6.93. The van der Waals surface area contributed by atoms with Crippen molar-refractivity contribution in [1.82, 2.24) is 10.2 Å². The first kappa shape index (κ1) is 15.8. The fourth-order valence-corrected chi connectivity index (χ4v) is 3.75. The van der Waals surface area contributed by atoms with Crippen molar-refractivity contribution in [2.24, 2.45) is 17.8 Å². The fourth-order valence-electron chi connectivity index (χ4n) is 3.75. The Bertz CT molecular complexity index is 321. The lowest BCUT2D eigenvalue weighted by Gasteiger charge is -2.40. The Morgan fingerprint density at radius 1 is 1.10 bits per heavy atom. The van der Waals surface area contributed by atoms with E-state index in [-0.39, 0.29) is 5.92 Å². The molecule has 0 spiro atoms. The van der Waals surface area contributed by atoms with Crippen LogP contribution in [-0.4, -0.2) is 36.0 Å². The van der Waals surface area contributed by atoms with E-state index in [1.165, 1.54) is 19.3 Å². The van der Waals surface area contributed by atoms with Gasteiger partial charge in [-0.15, -0.1) is 0 Å². The Hall–Kier alpha value is -0.570. The zero-order valence-corrected chi connectivity index (χ0v) is 13.7. The van der Waals surface area contributed by atoms with Crippen LogP contribution in [0.5, 0.6) is 0 Å². The molecule has 2 aliphatic rings. The molecule has 0 aromatic rings. The molecule has 20 heavy (non-hydrogen) atoms. The van der Waals surface area contributed by atoms with Gasteiger partial charge in [0.25, 0.3) is 0 Å². The summed E-state index contributed by atoms with van der Waals surface area (Å²) in [4.78, 5) is 14.0. The van der Waals surface area contributed by atoms with Crippen molar-refractivity contribution < 1.29 is 4.79 Å². The highest BCUT2D eigenvalue weighted by Gasteiger charge is 2.30. The number of hydrogen-bond acceptors (Lipinski definition) is 2. The first-order chi connectivity index (χ1) is 9.49. The van der Waals surface area contributed by atoms with Crippen LogP contribution in [0, 0.1) is 17.8 Å². The molecule has 0 bridgehead atoms. The van der Waals surface area contributed by atoms with Crippen LogP contribution in [0.25, 0.3) is 0 Å². The van der Waals surface area contributed by atoms with E-state index >= 15 is 0 Å². The molecule has 116 valence electrons. The zero-order valence-electron chi connectivity index (χ0n) is 13.7. The molecule has 0 aromatic carbocycles. The van der Waals surface area contributed by atoms with Crippen LogP contribution in [0.2, 0.25) is 0 Å². The highest BCUT2D eigenvalue weighted by molar-refractivity contribution is 5.78. The van der Waals surface area contributed by atoms with Crippen molar-refractivity contribution in [2.75, 3.05) is 13.1 Å². The summed E-state index contributed by atoms with van der Waals surface area (Å²) in [5, 5.41) is 3.89. The Morgan fingerprint density at radius 3 is 2.35 bits per heavy atom. The predicted octanol–water partition coefficient (Wildman–Crippen LogP) is 3.05. The summed E-state index contributed by atoms with van der Waals surface area (Å²) in [5.74, 6) is 2.10. The third-order valence-electron chi connectivity index (χ3n) is 5.46. The molecular formula is C17H32N2O. The Kier molecular flexibility index (Phi) is 5.48. The second-order valence-corrected chi connectivity index (χ2v) is 7.29. The highest BCUT2D eigenvalue weighted by Crippen LogP contribution is 2.30. The van der Waals surface area contributed by atoms with Crippen LogP contribution < -0.4 is 5.32 Å². The van der Waals surface area contributed by atoms with Gasteiger partial charge in [0.15, 0.2) is 0 Å². The van der Waals surface area contributed by atoms with Crippen LogP contribution in [-0.2, 0) is 4.79 Å². The van der Waals surface area contributed by atoms with Crippen LogP contribution >= 0.6 is 0 Å². The summed E-state index contributed by atoms with van der Waals surface area (Å²) in [6.07, 6.45) is 6.33. The molecule has 1 aliphatic carbocycles. The minimum atomic E-state index is 0.138. The average Bonchev–Trinajstić information content (AvgIpc) is 2.44. The maximum absolute atomic E-state index is 12.0. The second-order valence-electron chi connectivity index (χ2n) is 7.29. The van der Waals surface area contributed by atoms with E-state index in [2.05, 4.69) is 24.1 Å². The lowest BCUT2D eigenvalue weighted by Crippen LogP contribution is -2.51. The molecule has 1 heterocycles. The largest absolute Gasteiger partial charge is 0.342 e. The van der Waals surface area contributed by atoms with Gasteiger partial charge in [-0.25, -0.2) is 0 Å². The number of likely N-dealkylation sites (tertiary alicyclic amines) is 1. The molecule has 1 aliphatic heterocycles. The molecule has 0 aromatic heterocycles. The van der Waals surface area contributed by atoms with Crippen LogP contribution in [0.3, 0.4) is 0 Å². The summed E-state index contributed by atoms with van der Waals surface area (Å²) in [5.41, 5.74) is 0. The summed E-state index contributed by atoms with van der Waals surface area (Å²) in [6, 6.07) is 1.31. The molecule has 3 atom stereocenters. The van der Waals surface area contributed by atoms with Crippen molar-refractivity contribution in [3.63, 3.8) is 0 Å². The van der Waals surface area contributed by atoms with Gasteiger partial charge in [-0.2, -0.15) is 0 Å². The zero-order chi connectivity index (χ0) is 14.7. The Morgan fingerprint density at radius 2 is 1.75 bits per heavy atom. The summed E-state index contributed by atoms with van der Waals surface area (Å²) in [6.45, 7) is 10.7. The van der Waals surface area contributed by atoms with Crippen molar-refractivity contribution in [2.45, 2.75) is 71.9 Å². The smallest absolute Gasteiger partial charge is 0.225 e. The van der Waals surface area contributed by atoms with E-state index in [1.807, 2.05) is 13.8 Å². The maximum Gasteiger partial charge on any atom is 0.225 e. The number of nitrogens with one attached hydrogen (secondary N) is 1. The van der Waals surface area contributed by atoms with E-state index in [0.29, 0.717) is 18.0 Å². The number of carbonyl (C=O) groups is 1. The number of amides is 1. The molecule has 3 nitrogen and oxygen atoms in total. The van der Waals surface area contributed by atoms with E-state index in [0.717, 1.165) is 37.8 Å². The molecule has 1 saturated heterocycles. The quantitative estimate of drug-likeness (QED) is 0.862. The SMILES string of the molecule is CC(C)C(=O)N1CCC(NC2CCCC(C)C2C)CC1. The Balaban J connectivity index is 1.78. The predicted molar refractivity (Wildman–Crippen MR) is 83.5 cm³/mol. The molecule has 1 saturated carbocycles. The lowest BCUT2D eigenvalue weighted by molar-refractivity contribution is -0.135. The fraction of sp³-hybridized carbons (Fsp3) is 0.941. The topological polar surface area (TPSA) is 32.3 Å². The van der Waals surface area contributed by atoms with E-state index in [1.54, 1.807) is 0 Å². The summed E-state index contributed by atoms with van der Waals surface area (Å²) < 4.78 is 0. The first-order valence-corrected chi connectivity index (χ1v) is 8.54. The van der Waals surface area contributed by atoms with E-state index < -0.39 is 0 Å². The van der Waals surface area contributed by atoms with Crippen LogP contribution in [0.1, 0.15) is 59.8 Å². The summed E-state index contributed by atoms with van der Waals surface area (Å²) >= 11 is 0. The monoisotopic (exact) mass is 280 g/mol.